The summed E-state index contributed by atoms with van der Waals surface area (Å²) in [6, 6.07) is 8.71. The van der Waals surface area contributed by atoms with Crippen LogP contribution in [0.25, 0.3) is 11.8 Å². The molecule has 188 valence electrons. The number of fused-ring (bicyclic) bond motifs is 1. The zero-order valence-electron chi connectivity index (χ0n) is 19.0. The van der Waals surface area contributed by atoms with Crippen LogP contribution in [0.4, 0.5) is 0 Å². The molecule has 0 bridgehead atoms. The first-order chi connectivity index (χ1) is 16.9. The number of hydrogen-bond acceptors (Lipinski definition) is 7. The quantitative estimate of drug-likeness (QED) is 0.276. The van der Waals surface area contributed by atoms with Crippen molar-refractivity contribution in [3.8, 4) is 11.4 Å². The van der Waals surface area contributed by atoms with Gasteiger partial charge in [-0.25, -0.2) is 4.68 Å². The van der Waals surface area contributed by atoms with E-state index in [1.807, 2.05) is 0 Å². The summed E-state index contributed by atoms with van der Waals surface area (Å²) in [6.45, 7) is 1.69. The Hall–Kier alpha value is -3.71. The Morgan fingerprint density at radius 1 is 1.06 bits per heavy atom. The molecule has 0 fully saturated rings. The smallest absolute Gasteiger partial charge is 0.294 e. The van der Waals surface area contributed by atoms with Gasteiger partial charge in [0.2, 0.25) is 0 Å². The lowest BCUT2D eigenvalue weighted by atomic mass is 10.1. The molecule has 1 aliphatic heterocycles. The third kappa shape index (κ3) is 4.97. The van der Waals surface area contributed by atoms with Crippen LogP contribution in [0.15, 0.2) is 80.7 Å². The molecule has 1 aliphatic rings. The van der Waals surface area contributed by atoms with E-state index < -0.39 is 31.8 Å². The minimum atomic E-state index is -4.36. The molecule has 2 aromatic carbocycles. The van der Waals surface area contributed by atoms with Gasteiger partial charge in [0.05, 0.1) is 27.1 Å². The van der Waals surface area contributed by atoms with Gasteiger partial charge in [-0.3, -0.25) is 19.0 Å². The standard InChI is InChI=1S/C23H21N3O8S2/c1-14-18(23(27)26(25-14)15-7-9-16(10-8-15)35(28,29)30)5-3-4-6-21-22(24-2)19-13-17(36(31,32)33)11-12-20(19)34-21/h4-13,22,24-25H,1-2H3,(H,28,29,30)(H,31,32,33). The van der Waals surface area contributed by atoms with Crippen LogP contribution in [0, 0.1) is 6.92 Å². The summed E-state index contributed by atoms with van der Waals surface area (Å²) in [5.41, 5.74) is 4.29. The summed E-state index contributed by atoms with van der Waals surface area (Å²) < 4.78 is 70.8. The highest BCUT2D eigenvalue weighted by Gasteiger charge is 2.29. The van der Waals surface area contributed by atoms with Gasteiger partial charge in [-0.2, -0.15) is 16.8 Å². The fraction of sp³-hybridized carbons (Fsp3) is 0.130. The van der Waals surface area contributed by atoms with Crippen molar-refractivity contribution in [2.45, 2.75) is 22.8 Å². The number of rotatable bonds is 6. The number of nitrogens with one attached hydrogen (secondary N) is 2. The minimum Gasteiger partial charge on any atom is -0.459 e. The molecule has 36 heavy (non-hydrogen) atoms. The molecular weight excluding hydrogens is 510 g/mol. The molecule has 0 saturated heterocycles. The largest absolute Gasteiger partial charge is 0.459 e. The van der Waals surface area contributed by atoms with Crippen LogP contribution in [0.2, 0.25) is 0 Å². The lowest BCUT2D eigenvalue weighted by molar-refractivity contribution is 0.415. The SMILES string of the molecule is CNC1C(=CC=C=Cc2c(C)[nH]n(-c3ccc(S(=O)(=O)O)cc3)c2=O)Oc2ccc(S(=O)(=O)O)cc21. The summed E-state index contributed by atoms with van der Waals surface area (Å²) in [6.07, 6.45) is 4.62. The molecule has 0 amide bonds. The minimum absolute atomic E-state index is 0.242. The molecule has 4 N–H and O–H groups in total. The third-order valence-corrected chi connectivity index (χ3v) is 7.19. The lowest BCUT2D eigenvalue weighted by Crippen LogP contribution is -2.16. The molecule has 1 aromatic heterocycles. The first-order valence-corrected chi connectivity index (χ1v) is 13.3. The van der Waals surface area contributed by atoms with E-state index in [2.05, 4.69) is 16.1 Å². The second kappa shape index (κ2) is 9.39. The van der Waals surface area contributed by atoms with Crippen molar-refractivity contribution >= 4 is 26.3 Å². The Balaban J connectivity index is 1.60. The van der Waals surface area contributed by atoms with E-state index in [9.17, 15) is 26.2 Å². The monoisotopic (exact) mass is 531 g/mol. The Morgan fingerprint density at radius 3 is 2.31 bits per heavy atom. The number of allylic oxidation sites excluding steroid dienone is 2. The van der Waals surface area contributed by atoms with Crippen LogP contribution in [0.3, 0.4) is 0 Å². The topological polar surface area (TPSA) is 168 Å². The summed E-state index contributed by atoms with van der Waals surface area (Å²) in [5.74, 6) is 0.901. The fourth-order valence-electron chi connectivity index (χ4n) is 3.71. The molecule has 0 radical (unpaired) electrons. The third-order valence-electron chi connectivity index (χ3n) is 5.47. The van der Waals surface area contributed by atoms with Crippen LogP contribution >= 0.6 is 0 Å². The van der Waals surface area contributed by atoms with Crippen molar-refractivity contribution < 1.29 is 30.7 Å². The zero-order valence-corrected chi connectivity index (χ0v) is 20.6. The molecule has 1 atom stereocenters. The molecule has 0 spiro atoms. The van der Waals surface area contributed by atoms with Crippen molar-refractivity contribution in [1.82, 2.24) is 15.1 Å². The Kier molecular flexibility index (Phi) is 6.62. The van der Waals surface area contributed by atoms with Crippen LogP contribution in [0.5, 0.6) is 5.75 Å². The van der Waals surface area contributed by atoms with Crippen molar-refractivity contribution in [2.24, 2.45) is 0 Å². The van der Waals surface area contributed by atoms with Crippen LogP contribution in [0.1, 0.15) is 22.9 Å². The van der Waals surface area contributed by atoms with E-state index in [1.165, 1.54) is 59.3 Å². The molecule has 13 heteroatoms. The van der Waals surface area contributed by atoms with Crippen LogP contribution in [-0.2, 0) is 20.2 Å². The maximum atomic E-state index is 12.8. The lowest BCUT2D eigenvalue weighted by Gasteiger charge is -2.09. The number of ether oxygens (including phenoxy) is 1. The number of aromatic nitrogens is 2. The van der Waals surface area contributed by atoms with Gasteiger partial charge in [-0.15, -0.1) is 5.73 Å². The van der Waals surface area contributed by atoms with E-state index in [-0.39, 0.29) is 9.79 Å². The highest BCUT2D eigenvalue weighted by molar-refractivity contribution is 7.86. The molecular formula is C23H21N3O8S2. The van der Waals surface area contributed by atoms with E-state index in [1.54, 1.807) is 20.0 Å². The van der Waals surface area contributed by atoms with Gasteiger partial charge in [0.1, 0.15) is 11.5 Å². The number of aryl methyl sites for hydroxylation is 1. The van der Waals surface area contributed by atoms with Gasteiger partial charge >= 0.3 is 0 Å². The molecule has 2 heterocycles. The Morgan fingerprint density at radius 2 is 1.69 bits per heavy atom. The van der Waals surface area contributed by atoms with Crippen molar-refractivity contribution in [2.75, 3.05) is 7.05 Å². The predicted molar refractivity (Wildman–Crippen MR) is 130 cm³/mol. The predicted octanol–water partition coefficient (Wildman–Crippen LogP) is 2.37. The number of likely N-dealkylation sites (N-methyl/N-ethyl adjacent to an activating group) is 1. The van der Waals surface area contributed by atoms with Crippen molar-refractivity contribution in [1.29, 1.82) is 0 Å². The number of hydrogen-bond donors (Lipinski definition) is 4. The maximum Gasteiger partial charge on any atom is 0.294 e. The molecule has 3 aromatic rings. The highest BCUT2D eigenvalue weighted by Crippen LogP contribution is 2.40. The van der Waals surface area contributed by atoms with Gasteiger partial charge in [0.25, 0.3) is 25.8 Å². The van der Waals surface area contributed by atoms with Crippen LogP contribution in [-0.4, -0.2) is 42.8 Å². The average Bonchev–Trinajstić information content (AvgIpc) is 3.31. The summed E-state index contributed by atoms with van der Waals surface area (Å²) in [5, 5.41) is 5.92. The Bertz CT molecular complexity index is 1710. The van der Waals surface area contributed by atoms with Gasteiger partial charge in [-0.1, -0.05) is 0 Å². The van der Waals surface area contributed by atoms with Gasteiger partial charge in [-0.05, 0) is 74.7 Å². The molecule has 4 rings (SSSR count). The van der Waals surface area contributed by atoms with E-state index in [0.29, 0.717) is 34.0 Å². The average molecular weight is 532 g/mol. The second-order valence-corrected chi connectivity index (χ2v) is 10.6. The fourth-order valence-corrected chi connectivity index (χ4v) is 4.71. The first kappa shape index (κ1) is 25.4. The number of aromatic amines is 1. The normalized spacial score (nSPS) is 16.3. The number of H-pyrrole nitrogens is 1. The first-order valence-electron chi connectivity index (χ1n) is 10.4. The van der Waals surface area contributed by atoms with E-state index in [4.69, 9.17) is 9.29 Å². The Labute approximate surface area is 206 Å². The molecule has 0 saturated carbocycles. The summed E-state index contributed by atoms with van der Waals surface area (Å²) in [4.78, 5) is 12.3. The summed E-state index contributed by atoms with van der Waals surface area (Å²) in [7, 11) is -7.03. The maximum absolute atomic E-state index is 12.8. The van der Waals surface area contributed by atoms with E-state index in [0.717, 1.165) is 0 Å². The molecule has 0 aliphatic carbocycles. The molecule has 11 nitrogen and oxygen atoms in total. The van der Waals surface area contributed by atoms with E-state index >= 15 is 0 Å². The van der Waals surface area contributed by atoms with Crippen molar-refractivity contribution in [3.05, 3.63) is 93.3 Å². The number of nitrogens with zero attached hydrogens (tertiary/aromatic N) is 1. The highest BCUT2D eigenvalue weighted by atomic mass is 32.2. The second-order valence-electron chi connectivity index (χ2n) is 7.81. The number of benzene rings is 2. The van der Waals surface area contributed by atoms with Gasteiger partial charge in [0.15, 0.2) is 0 Å². The van der Waals surface area contributed by atoms with Gasteiger partial charge in [0, 0.05) is 11.3 Å². The molecule has 1 unspecified atom stereocenters. The summed E-state index contributed by atoms with van der Waals surface area (Å²) >= 11 is 0. The zero-order chi connectivity index (χ0) is 26.3. The van der Waals surface area contributed by atoms with Crippen LogP contribution < -0.4 is 15.6 Å². The van der Waals surface area contributed by atoms with Crippen molar-refractivity contribution in [3.63, 3.8) is 0 Å². The van der Waals surface area contributed by atoms with Gasteiger partial charge < -0.3 is 10.1 Å².